The van der Waals surface area contributed by atoms with Gasteiger partial charge in [-0.05, 0) is 19.1 Å². The van der Waals surface area contributed by atoms with Gasteiger partial charge in [0.15, 0.2) is 0 Å². The normalized spacial score (nSPS) is 27.4. The van der Waals surface area contributed by atoms with Crippen molar-refractivity contribution in [3.8, 4) is 0 Å². The fourth-order valence-electron chi connectivity index (χ4n) is 1.61. The molecule has 16 heavy (non-hydrogen) atoms. The van der Waals surface area contributed by atoms with Crippen molar-refractivity contribution in [3.05, 3.63) is 17.0 Å². The first kappa shape index (κ1) is 12.0. The monoisotopic (exact) mass is 263 g/mol. The number of hydrogen-bond donors (Lipinski definition) is 2. The second-order valence-corrected chi connectivity index (χ2v) is 7.27. The van der Waals surface area contributed by atoms with Crippen LogP contribution in [-0.4, -0.2) is 48.2 Å². The van der Waals surface area contributed by atoms with Crippen LogP contribution in [0.4, 0.5) is 0 Å². The Kier molecular flexibility index (Phi) is 3.06. The van der Waals surface area contributed by atoms with Gasteiger partial charge in [-0.2, -0.15) is 4.31 Å². The molecule has 0 aromatic carbocycles. The molecular weight excluding hydrogens is 250 g/mol. The molecule has 1 aliphatic rings. The Labute approximate surface area is 98.0 Å². The van der Waals surface area contributed by atoms with Crippen LogP contribution in [0, 0.1) is 6.92 Å². The van der Waals surface area contributed by atoms with E-state index in [4.69, 9.17) is 0 Å². The highest BCUT2D eigenvalue weighted by Crippen LogP contribution is 2.26. The van der Waals surface area contributed by atoms with Crippen LogP contribution < -0.4 is 0 Å². The van der Waals surface area contributed by atoms with Crippen LogP contribution in [0.1, 0.15) is 4.88 Å². The molecule has 2 N–H and O–H groups in total. The lowest BCUT2D eigenvalue weighted by Gasteiger charge is -2.13. The molecular formula is C9H13NO4S2. The summed E-state index contributed by atoms with van der Waals surface area (Å²) in [6, 6.07) is 3.28. The molecule has 5 nitrogen and oxygen atoms in total. The third kappa shape index (κ3) is 2.01. The molecule has 1 aromatic rings. The molecule has 7 heteroatoms. The Morgan fingerprint density at radius 3 is 2.31 bits per heavy atom. The summed E-state index contributed by atoms with van der Waals surface area (Å²) in [7, 11) is -3.55. The molecule has 0 radical (unpaired) electrons. The fourth-order valence-corrected chi connectivity index (χ4v) is 4.52. The summed E-state index contributed by atoms with van der Waals surface area (Å²) in [6.07, 6.45) is -1.98. The standard InChI is InChI=1S/C9H13NO4S2/c1-6-2-3-9(15-6)16(13,14)10-4-7(11)8(12)5-10/h2-3,7-8,11-12H,4-5H2,1H3. The lowest BCUT2D eigenvalue weighted by molar-refractivity contribution is 0.0572. The third-order valence-electron chi connectivity index (χ3n) is 2.54. The van der Waals surface area contributed by atoms with E-state index >= 15 is 0 Å². The van der Waals surface area contributed by atoms with E-state index in [1.165, 1.54) is 11.3 Å². The van der Waals surface area contributed by atoms with Gasteiger partial charge in [-0.3, -0.25) is 0 Å². The fraction of sp³-hybridized carbons (Fsp3) is 0.556. The Bertz CT molecular complexity index is 471. The second-order valence-electron chi connectivity index (χ2n) is 3.82. The summed E-state index contributed by atoms with van der Waals surface area (Å²) in [5, 5.41) is 18.7. The highest BCUT2D eigenvalue weighted by Gasteiger charge is 2.37. The number of nitrogens with zero attached hydrogens (tertiary/aromatic N) is 1. The number of aryl methyl sites for hydroxylation is 1. The van der Waals surface area contributed by atoms with Crippen molar-refractivity contribution in [3.63, 3.8) is 0 Å². The summed E-state index contributed by atoms with van der Waals surface area (Å²) in [4.78, 5) is 0.916. The van der Waals surface area contributed by atoms with Gasteiger partial charge in [-0.1, -0.05) is 0 Å². The first-order valence-corrected chi connectivity index (χ1v) is 7.09. The molecule has 0 amide bonds. The van der Waals surface area contributed by atoms with Crippen molar-refractivity contribution in [2.75, 3.05) is 13.1 Å². The molecule has 0 bridgehead atoms. The van der Waals surface area contributed by atoms with Crippen LogP contribution in [0.15, 0.2) is 16.3 Å². The number of aliphatic hydroxyl groups is 2. The number of sulfonamides is 1. The molecule has 0 saturated carbocycles. The molecule has 1 aromatic heterocycles. The maximum atomic E-state index is 12.1. The van der Waals surface area contributed by atoms with E-state index < -0.39 is 22.2 Å². The van der Waals surface area contributed by atoms with E-state index in [9.17, 15) is 18.6 Å². The Morgan fingerprint density at radius 1 is 1.31 bits per heavy atom. The molecule has 2 atom stereocenters. The zero-order valence-electron chi connectivity index (χ0n) is 8.70. The number of thiophene rings is 1. The summed E-state index contributed by atoms with van der Waals surface area (Å²) in [5.74, 6) is 0. The number of β-amino-alcohol motifs (C(OH)–C–C–N with tert-alkyl or cyclic N) is 2. The van der Waals surface area contributed by atoms with Crippen molar-refractivity contribution in [2.45, 2.75) is 23.3 Å². The molecule has 90 valence electrons. The van der Waals surface area contributed by atoms with Crippen molar-refractivity contribution < 1.29 is 18.6 Å². The zero-order valence-corrected chi connectivity index (χ0v) is 10.3. The van der Waals surface area contributed by atoms with E-state index in [2.05, 4.69) is 0 Å². The van der Waals surface area contributed by atoms with Gasteiger partial charge in [0.2, 0.25) is 0 Å². The smallest absolute Gasteiger partial charge is 0.252 e. The highest BCUT2D eigenvalue weighted by molar-refractivity contribution is 7.91. The third-order valence-corrected chi connectivity index (χ3v) is 5.84. The van der Waals surface area contributed by atoms with Gasteiger partial charge in [-0.15, -0.1) is 11.3 Å². The molecule has 2 unspecified atom stereocenters. The van der Waals surface area contributed by atoms with E-state index in [0.717, 1.165) is 9.18 Å². The van der Waals surface area contributed by atoms with Crippen LogP contribution in [0.5, 0.6) is 0 Å². The topological polar surface area (TPSA) is 77.8 Å². The maximum Gasteiger partial charge on any atom is 0.252 e. The van der Waals surface area contributed by atoms with Crippen molar-refractivity contribution in [1.29, 1.82) is 0 Å². The minimum Gasteiger partial charge on any atom is -0.389 e. The van der Waals surface area contributed by atoms with Crippen LogP contribution in [-0.2, 0) is 10.0 Å². The van der Waals surface area contributed by atoms with Crippen molar-refractivity contribution in [2.24, 2.45) is 0 Å². The number of hydrogen-bond acceptors (Lipinski definition) is 5. The van der Waals surface area contributed by atoms with Gasteiger partial charge in [0.1, 0.15) is 4.21 Å². The molecule has 1 saturated heterocycles. The van der Waals surface area contributed by atoms with E-state index in [1.54, 1.807) is 12.1 Å². The van der Waals surface area contributed by atoms with Gasteiger partial charge < -0.3 is 10.2 Å². The maximum absolute atomic E-state index is 12.1. The molecule has 1 fully saturated rings. The summed E-state index contributed by atoms with van der Waals surface area (Å²) < 4.78 is 25.5. The molecule has 1 aliphatic heterocycles. The Morgan fingerprint density at radius 2 is 1.88 bits per heavy atom. The lowest BCUT2D eigenvalue weighted by atomic mass is 10.3. The Balaban J connectivity index is 2.27. The van der Waals surface area contributed by atoms with E-state index in [0.29, 0.717) is 0 Å². The number of rotatable bonds is 2. The number of aliphatic hydroxyl groups excluding tert-OH is 2. The minimum absolute atomic E-state index is 0.0412. The van der Waals surface area contributed by atoms with Gasteiger partial charge in [-0.25, -0.2) is 8.42 Å². The summed E-state index contributed by atoms with van der Waals surface area (Å²) in [5.41, 5.74) is 0. The highest BCUT2D eigenvalue weighted by atomic mass is 32.2. The summed E-state index contributed by atoms with van der Waals surface area (Å²) in [6.45, 7) is 1.75. The average molecular weight is 263 g/mol. The molecule has 0 aliphatic carbocycles. The summed E-state index contributed by atoms with van der Waals surface area (Å²) >= 11 is 1.19. The van der Waals surface area contributed by atoms with Gasteiger partial charge in [0, 0.05) is 18.0 Å². The van der Waals surface area contributed by atoms with Crippen molar-refractivity contribution in [1.82, 2.24) is 4.31 Å². The minimum atomic E-state index is -3.55. The van der Waals surface area contributed by atoms with E-state index in [-0.39, 0.29) is 17.3 Å². The van der Waals surface area contributed by atoms with Gasteiger partial charge in [0.05, 0.1) is 12.2 Å². The predicted octanol–water partition coefficient (Wildman–Crippen LogP) is -0.217. The molecule has 2 heterocycles. The zero-order chi connectivity index (χ0) is 11.9. The van der Waals surface area contributed by atoms with Gasteiger partial charge >= 0.3 is 0 Å². The van der Waals surface area contributed by atoms with Crippen LogP contribution >= 0.6 is 11.3 Å². The van der Waals surface area contributed by atoms with Crippen LogP contribution in [0.25, 0.3) is 0 Å². The first-order chi connectivity index (χ1) is 7.41. The molecule has 0 spiro atoms. The predicted molar refractivity (Wildman–Crippen MR) is 59.8 cm³/mol. The van der Waals surface area contributed by atoms with Gasteiger partial charge in [0.25, 0.3) is 10.0 Å². The first-order valence-electron chi connectivity index (χ1n) is 4.84. The van der Waals surface area contributed by atoms with Crippen LogP contribution in [0.2, 0.25) is 0 Å². The van der Waals surface area contributed by atoms with Crippen molar-refractivity contribution >= 4 is 21.4 Å². The second kappa shape index (κ2) is 4.08. The molecule has 2 rings (SSSR count). The van der Waals surface area contributed by atoms with Crippen LogP contribution in [0.3, 0.4) is 0 Å². The average Bonchev–Trinajstić information content (AvgIpc) is 2.75. The lowest BCUT2D eigenvalue weighted by Crippen LogP contribution is -2.29. The Hall–Kier alpha value is -0.470. The largest absolute Gasteiger partial charge is 0.389 e. The quantitative estimate of drug-likeness (QED) is 0.773. The SMILES string of the molecule is Cc1ccc(S(=O)(=O)N2CC(O)C(O)C2)s1. The van der Waals surface area contributed by atoms with E-state index in [1.807, 2.05) is 6.92 Å².